The maximum absolute atomic E-state index is 12.7. The third kappa shape index (κ3) is 5.54. The zero-order chi connectivity index (χ0) is 22.6. The van der Waals surface area contributed by atoms with E-state index in [1.165, 1.54) is 23.9 Å². The molecule has 0 spiro atoms. The van der Waals surface area contributed by atoms with Crippen LogP contribution in [0.5, 0.6) is 11.6 Å². The summed E-state index contributed by atoms with van der Waals surface area (Å²) in [4.78, 5) is 15.8. The summed E-state index contributed by atoms with van der Waals surface area (Å²) >= 11 is 0. The molecule has 0 unspecified atom stereocenters. The molecular formula is C23H20F3N3O3. The predicted molar refractivity (Wildman–Crippen MR) is 110 cm³/mol. The van der Waals surface area contributed by atoms with Gasteiger partial charge in [0.2, 0.25) is 11.6 Å². The first-order valence-electron chi connectivity index (χ1n) is 10.1. The lowest BCUT2D eigenvalue weighted by atomic mass is 9.89. The van der Waals surface area contributed by atoms with Gasteiger partial charge >= 0.3 is 6.18 Å². The van der Waals surface area contributed by atoms with Crippen LogP contribution in [-0.2, 0) is 6.18 Å². The van der Waals surface area contributed by atoms with Crippen molar-refractivity contribution in [2.45, 2.75) is 37.9 Å². The number of hydrogen-bond acceptors (Lipinski definition) is 5. The number of ether oxygens (including phenoxy) is 1. The Balaban J connectivity index is 1.34. The second kappa shape index (κ2) is 9.25. The quantitative estimate of drug-likeness (QED) is 0.553. The lowest BCUT2D eigenvalue weighted by Crippen LogP contribution is -2.36. The van der Waals surface area contributed by atoms with E-state index in [0.29, 0.717) is 5.75 Å². The molecule has 2 aromatic heterocycles. The van der Waals surface area contributed by atoms with Gasteiger partial charge in [0.05, 0.1) is 11.8 Å². The summed E-state index contributed by atoms with van der Waals surface area (Å²) in [5.74, 6) is 0.512. The molecule has 1 N–H and O–H groups in total. The van der Waals surface area contributed by atoms with E-state index in [4.69, 9.17) is 9.26 Å². The molecule has 3 aromatic rings. The summed E-state index contributed by atoms with van der Waals surface area (Å²) in [6.45, 7) is 0. The fourth-order valence-corrected chi connectivity index (χ4v) is 3.50. The van der Waals surface area contributed by atoms with Crippen molar-refractivity contribution in [3.05, 3.63) is 77.3 Å². The Hall–Kier alpha value is -3.62. The lowest BCUT2D eigenvalue weighted by Gasteiger charge is -2.24. The van der Waals surface area contributed by atoms with Crippen molar-refractivity contribution >= 4 is 12.0 Å². The average molecular weight is 443 g/mol. The van der Waals surface area contributed by atoms with Gasteiger partial charge in [0.1, 0.15) is 5.75 Å². The highest BCUT2D eigenvalue weighted by Gasteiger charge is 2.30. The third-order valence-corrected chi connectivity index (χ3v) is 5.14. The van der Waals surface area contributed by atoms with Gasteiger partial charge in [-0.25, -0.2) is 4.98 Å². The highest BCUT2D eigenvalue weighted by atomic mass is 19.4. The minimum Gasteiger partial charge on any atom is -0.439 e. The molecule has 0 radical (unpaired) electrons. The molecule has 0 saturated heterocycles. The van der Waals surface area contributed by atoms with Crippen molar-refractivity contribution in [2.75, 3.05) is 0 Å². The summed E-state index contributed by atoms with van der Waals surface area (Å²) < 4.78 is 48.4. The summed E-state index contributed by atoms with van der Waals surface area (Å²) in [5, 5.41) is 6.50. The van der Waals surface area contributed by atoms with Crippen LogP contribution in [0.3, 0.4) is 0 Å². The number of halogens is 3. The molecule has 9 heteroatoms. The van der Waals surface area contributed by atoms with Crippen LogP contribution in [-0.4, -0.2) is 22.1 Å². The smallest absolute Gasteiger partial charge is 0.417 e. The largest absolute Gasteiger partial charge is 0.439 e. The topological polar surface area (TPSA) is 77.2 Å². The minimum atomic E-state index is -4.44. The van der Waals surface area contributed by atoms with Crippen LogP contribution < -0.4 is 10.1 Å². The normalized spacial score (nSPS) is 16.5. The van der Waals surface area contributed by atoms with E-state index in [-0.39, 0.29) is 23.6 Å². The maximum Gasteiger partial charge on any atom is 0.417 e. The maximum atomic E-state index is 12.7. The number of benzene rings is 1. The minimum absolute atomic E-state index is 0.0742. The van der Waals surface area contributed by atoms with E-state index in [0.717, 1.165) is 43.5 Å². The Morgan fingerprint density at radius 1 is 1.16 bits per heavy atom. The zero-order valence-corrected chi connectivity index (χ0v) is 16.9. The van der Waals surface area contributed by atoms with E-state index < -0.39 is 11.7 Å². The van der Waals surface area contributed by atoms with Crippen LogP contribution >= 0.6 is 0 Å². The van der Waals surface area contributed by atoms with Crippen LogP contribution in [0.4, 0.5) is 13.2 Å². The van der Waals surface area contributed by atoms with Gasteiger partial charge in [-0.1, -0.05) is 28.9 Å². The summed E-state index contributed by atoms with van der Waals surface area (Å²) in [7, 11) is 0. The molecule has 0 bridgehead atoms. The molecule has 0 aliphatic heterocycles. The van der Waals surface area contributed by atoms with E-state index in [1.54, 1.807) is 6.07 Å². The van der Waals surface area contributed by atoms with Crippen LogP contribution in [0.2, 0.25) is 0 Å². The molecule has 0 atom stereocenters. The van der Waals surface area contributed by atoms with Crippen molar-refractivity contribution in [2.24, 2.45) is 0 Å². The molecule has 166 valence electrons. The van der Waals surface area contributed by atoms with Crippen LogP contribution in [0.1, 0.15) is 47.4 Å². The van der Waals surface area contributed by atoms with Crippen molar-refractivity contribution in [1.82, 2.24) is 15.5 Å². The first-order chi connectivity index (χ1) is 15.4. The number of pyridine rings is 1. The second-order valence-electron chi connectivity index (χ2n) is 7.48. The Morgan fingerprint density at radius 2 is 1.97 bits per heavy atom. The number of rotatable bonds is 5. The van der Waals surface area contributed by atoms with E-state index in [1.807, 2.05) is 18.2 Å². The van der Waals surface area contributed by atoms with Gasteiger partial charge in [0.25, 0.3) is 5.91 Å². The lowest BCUT2D eigenvalue weighted by molar-refractivity contribution is -0.137. The van der Waals surface area contributed by atoms with Crippen molar-refractivity contribution < 1.29 is 27.2 Å². The number of nitrogens with zero attached hydrogens (tertiary/aromatic N) is 2. The first-order valence-corrected chi connectivity index (χ1v) is 10.1. The molecule has 1 fully saturated rings. The average Bonchev–Trinajstić information content (AvgIpc) is 3.30. The second-order valence-corrected chi connectivity index (χ2v) is 7.48. The van der Waals surface area contributed by atoms with Gasteiger partial charge in [-0.2, -0.15) is 13.2 Å². The van der Waals surface area contributed by atoms with Gasteiger partial charge in [-0.3, -0.25) is 4.79 Å². The molecule has 2 heterocycles. The number of alkyl halides is 3. The van der Waals surface area contributed by atoms with E-state index >= 15 is 0 Å². The SMILES string of the molecule is O=C(NC1CCC(=Cc2cccc(Oc3ccc(C(F)(F)F)cn3)c2)CC1)c1ccno1. The summed E-state index contributed by atoms with van der Waals surface area (Å²) in [6, 6.07) is 11.0. The molecule has 4 rings (SSSR count). The zero-order valence-electron chi connectivity index (χ0n) is 16.9. The molecule has 1 aliphatic carbocycles. The Bertz CT molecular complexity index is 1080. The van der Waals surface area contributed by atoms with Gasteiger partial charge in [-0.05, 0) is 49.4 Å². The molecule has 1 aliphatic rings. The standard InChI is InChI=1S/C23H20F3N3O3/c24-23(25,26)17-6-9-21(27-14-17)31-19-3-1-2-16(13-19)12-15-4-7-18(8-5-15)29-22(30)20-10-11-28-32-20/h1-3,6,9-14,18H,4-5,7-8H2,(H,29,30). The highest BCUT2D eigenvalue weighted by Crippen LogP contribution is 2.31. The number of allylic oxidation sites excluding steroid dienone is 1. The van der Waals surface area contributed by atoms with Gasteiger partial charge in [0, 0.05) is 24.4 Å². The summed E-state index contributed by atoms with van der Waals surface area (Å²) in [5.41, 5.74) is 1.35. The van der Waals surface area contributed by atoms with Gasteiger partial charge in [-0.15, -0.1) is 0 Å². The van der Waals surface area contributed by atoms with Crippen molar-refractivity contribution in [3.63, 3.8) is 0 Å². The summed E-state index contributed by atoms with van der Waals surface area (Å²) in [6.07, 6.45) is 3.13. The fraction of sp³-hybridized carbons (Fsp3) is 0.261. The molecule has 1 saturated carbocycles. The molecular weight excluding hydrogens is 423 g/mol. The third-order valence-electron chi connectivity index (χ3n) is 5.14. The Kier molecular flexibility index (Phi) is 6.25. The van der Waals surface area contributed by atoms with Gasteiger partial charge in [0.15, 0.2) is 0 Å². The highest BCUT2D eigenvalue weighted by molar-refractivity contribution is 5.91. The molecule has 1 amide bonds. The number of carbonyl (C=O) groups is 1. The van der Waals surface area contributed by atoms with E-state index in [9.17, 15) is 18.0 Å². The predicted octanol–water partition coefficient (Wildman–Crippen LogP) is 5.64. The van der Waals surface area contributed by atoms with Gasteiger partial charge < -0.3 is 14.6 Å². The number of carbonyl (C=O) groups excluding carboxylic acids is 1. The van der Waals surface area contributed by atoms with E-state index in [2.05, 4.69) is 21.5 Å². The molecule has 1 aromatic carbocycles. The fourth-order valence-electron chi connectivity index (χ4n) is 3.50. The Labute approximate surface area is 182 Å². The van der Waals surface area contributed by atoms with Crippen molar-refractivity contribution in [3.8, 4) is 11.6 Å². The molecule has 6 nitrogen and oxygen atoms in total. The number of nitrogens with one attached hydrogen (secondary N) is 1. The monoisotopic (exact) mass is 443 g/mol. The van der Waals surface area contributed by atoms with Crippen LogP contribution in [0.25, 0.3) is 6.08 Å². The Morgan fingerprint density at radius 3 is 2.62 bits per heavy atom. The van der Waals surface area contributed by atoms with Crippen LogP contribution in [0.15, 0.2) is 65.0 Å². The number of amides is 1. The number of hydrogen-bond donors (Lipinski definition) is 1. The van der Waals surface area contributed by atoms with Crippen LogP contribution in [0, 0.1) is 0 Å². The molecule has 32 heavy (non-hydrogen) atoms. The first kappa shape index (κ1) is 21.6. The van der Waals surface area contributed by atoms with Crippen molar-refractivity contribution in [1.29, 1.82) is 0 Å². The number of aromatic nitrogens is 2.